The molecule has 2 N–H and O–H groups in total. The fourth-order valence-electron chi connectivity index (χ4n) is 2.60. The van der Waals surface area contributed by atoms with Crippen LogP contribution in [-0.2, 0) is 0 Å². The molecule has 0 bridgehead atoms. The van der Waals surface area contributed by atoms with Gasteiger partial charge in [0, 0.05) is 23.1 Å². The number of nitrogens with two attached hydrogens (primary N) is 1. The normalized spacial score (nSPS) is 13.2. The maximum Gasteiger partial charge on any atom is 0.0473 e. The molecule has 3 heteroatoms. The van der Waals surface area contributed by atoms with Gasteiger partial charge in [-0.15, -0.1) is 0 Å². The Morgan fingerprint density at radius 1 is 1.25 bits per heavy atom. The first-order valence-corrected chi connectivity index (χ1v) is 8.52. The van der Waals surface area contributed by atoms with Crippen molar-refractivity contribution in [2.75, 3.05) is 13.1 Å². The Bertz CT molecular complexity index is 404. The van der Waals surface area contributed by atoms with Crippen LogP contribution in [0.3, 0.4) is 0 Å². The van der Waals surface area contributed by atoms with Crippen LogP contribution in [0.5, 0.6) is 0 Å². The summed E-state index contributed by atoms with van der Waals surface area (Å²) < 4.78 is 1.17. The number of benzene rings is 1. The zero-order valence-corrected chi connectivity index (χ0v) is 14.9. The Kier molecular flexibility index (Phi) is 7.78. The second-order valence-corrected chi connectivity index (χ2v) is 6.65. The van der Waals surface area contributed by atoms with Crippen LogP contribution in [0.25, 0.3) is 0 Å². The summed E-state index contributed by atoms with van der Waals surface area (Å²) in [6.45, 7) is 10.7. The minimum absolute atomic E-state index is 0.309. The predicted molar refractivity (Wildman–Crippen MR) is 92.0 cm³/mol. The average molecular weight is 341 g/mol. The lowest BCUT2D eigenvalue weighted by Gasteiger charge is -2.35. The average Bonchev–Trinajstić information content (AvgIpc) is 2.41. The van der Waals surface area contributed by atoms with Crippen LogP contribution in [0.15, 0.2) is 22.7 Å². The SMILES string of the molecule is CCCCCN(C(C)C)C(CN)c1ccc(C)c(Br)c1. The summed E-state index contributed by atoms with van der Waals surface area (Å²) in [6, 6.07) is 7.44. The summed E-state index contributed by atoms with van der Waals surface area (Å²) in [7, 11) is 0. The summed E-state index contributed by atoms with van der Waals surface area (Å²) in [5, 5.41) is 0. The quantitative estimate of drug-likeness (QED) is 0.697. The van der Waals surface area contributed by atoms with E-state index in [0.717, 1.165) is 6.54 Å². The summed E-state index contributed by atoms with van der Waals surface area (Å²) in [5.41, 5.74) is 8.66. The first kappa shape index (κ1) is 17.7. The van der Waals surface area contributed by atoms with Gasteiger partial charge in [0.25, 0.3) is 0 Å². The number of nitrogens with zero attached hydrogens (tertiary/aromatic N) is 1. The number of hydrogen-bond donors (Lipinski definition) is 1. The summed E-state index contributed by atoms with van der Waals surface area (Å²) in [6.07, 6.45) is 3.80. The molecule has 0 fully saturated rings. The van der Waals surface area contributed by atoms with Gasteiger partial charge in [-0.3, -0.25) is 4.90 Å². The van der Waals surface area contributed by atoms with E-state index in [2.05, 4.69) is 66.7 Å². The third-order valence-corrected chi connectivity index (χ3v) is 4.74. The van der Waals surface area contributed by atoms with Crippen LogP contribution in [0, 0.1) is 6.92 Å². The Morgan fingerprint density at radius 2 is 1.95 bits per heavy atom. The molecule has 1 rings (SSSR count). The van der Waals surface area contributed by atoms with Crippen molar-refractivity contribution >= 4 is 15.9 Å². The van der Waals surface area contributed by atoms with Crippen LogP contribution in [0.4, 0.5) is 0 Å². The highest BCUT2D eigenvalue weighted by Gasteiger charge is 2.21. The van der Waals surface area contributed by atoms with Gasteiger partial charge < -0.3 is 5.73 Å². The molecule has 0 aliphatic rings. The lowest BCUT2D eigenvalue weighted by atomic mass is 10.0. The van der Waals surface area contributed by atoms with Crippen molar-refractivity contribution in [2.45, 2.75) is 59.0 Å². The van der Waals surface area contributed by atoms with Gasteiger partial charge in [0.2, 0.25) is 0 Å². The first-order chi connectivity index (χ1) is 9.51. The summed E-state index contributed by atoms with van der Waals surface area (Å²) in [5.74, 6) is 0. The second kappa shape index (κ2) is 8.81. The number of halogens is 1. The van der Waals surface area contributed by atoms with Crippen molar-refractivity contribution in [3.05, 3.63) is 33.8 Å². The van der Waals surface area contributed by atoms with Crippen LogP contribution in [0.2, 0.25) is 0 Å². The molecule has 0 aliphatic heterocycles. The van der Waals surface area contributed by atoms with E-state index in [-0.39, 0.29) is 0 Å². The van der Waals surface area contributed by atoms with Crippen molar-refractivity contribution in [2.24, 2.45) is 5.73 Å². The smallest absolute Gasteiger partial charge is 0.0473 e. The highest BCUT2D eigenvalue weighted by molar-refractivity contribution is 9.10. The molecule has 0 aliphatic carbocycles. The monoisotopic (exact) mass is 340 g/mol. The van der Waals surface area contributed by atoms with Crippen molar-refractivity contribution in [1.29, 1.82) is 0 Å². The molecule has 0 radical (unpaired) electrons. The van der Waals surface area contributed by atoms with E-state index < -0.39 is 0 Å². The second-order valence-electron chi connectivity index (χ2n) is 5.80. The molecule has 0 heterocycles. The fraction of sp³-hybridized carbons (Fsp3) is 0.647. The van der Waals surface area contributed by atoms with Gasteiger partial charge in [0.15, 0.2) is 0 Å². The van der Waals surface area contributed by atoms with E-state index >= 15 is 0 Å². The van der Waals surface area contributed by atoms with E-state index in [1.807, 2.05) is 0 Å². The van der Waals surface area contributed by atoms with Gasteiger partial charge >= 0.3 is 0 Å². The van der Waals surface area contributed by atoms with Crippen LogP contribution in [-0.4, -0.2) is 24.0 Å². The molecule has 0 spiro atoms. The van der Waals surface area contributed by atoms with Crippen molar-refractivity contribution in [1.82, 2.24) is 4.90 Å². The first-order valence-electron chi connectivity index (χ1n) is 7.73. The highest BCUT2D eigenvalue weighted by atomic mass is 79.9. The fourth-order valence-corrected chi connectivity index (χ4v) is 2.99. The Labute approximate surface area is 132 Å². The molecule has 0 saturated heterocycles. The molecule has 0 aromatic heterocycles. The summed E-state index contributed by atoms with van der Waals surface area (Å²) >= 11 is 3.63. The van der Waals surface area contributed by atoms with E-state index in [1.54, 1.807) is 0 Å². The zero-order valence-electron chi connectivity index (χ0n) is 13.3. The maximum atomic E-state index is 6.08. The van der Waals surface area contributed by atoms with Crippen LogP contribution < -0.4 is 5.73 Å². The lowest BCUT2D eigenvalue weighted by Crippen LogP contribution is -2.39. The molecule has 1 atom stereocenters. The molecule has 114 valence electrons. The van der Waals surface area contributed by atoms with Gasteiger partial charge in [-0.2, -0.15) is 0 Å². The van der Waals surface area contributed by atoms with Gasteiger partial charge in [0.1, 0.15) is 0 Å². The van der Waals surface area contributed by atoms with Gasteiger partial charge in [-0.1, -0.05) is 47.8 Å². The predicted octanol–water partition coefficient (Wildman–Crippen LogP) is 4.66. The lowest BCUT2D eigenvalue weighted by molar-refractivity contribution is 0.154. The number of aryl methyl sites for hydroxylation is 1. The van der Waals surface area contributed by atoms with E-state index in [9.17, 15) is 0 Å². The minimum atomic E-state index is 0.309. The van der Waals surface area contributed by atoms with Crippen LogP contribution >= 0.6 is 15.9 Å². The topological polar surface area (TPSA) is 29.3 Å². The number of rotatable bonds is 8. The minimum Gasteiger partial charge on any atom is -0.329 e. The van der Waals surface area contributed by atoms with Crippen molar-refractivity contribution < 1.29 is 0 Å². The standard InChI is InChI=1S/C17H29BrN2/c1-5-6-7-10-20(13(2)3)17(12-19)15-9-8-14(4)16(18)11-15/h8-9,11,13,17H,5-7,10,12,19H2,1-4H3. The van der Waals surface area contributed by atoms with E-state index in [0.29, 0.717) is 18.6 Å². The zero-order chi connectivity index (χ0) is 15.1. The molecule has 1 aromatic rings. The third kappa shape index (κ3) is 4.87. The van der Waals surface area contributed by atoms with Crippen LogP contribution in [0.1, 0.15) is 57.2 Å². The Balaban J connectivity index is 2.91. The number of hydrogen-bond acceptors (Lipinski definition) is 2. The van der Waals surface area contributed by atoms with E-state index in [1.165, 1.54) is 34.9 Å². The van der Waals surface area contributed by atoms with Crippen molar-refractivity contribution in [3.8, 4) is 0 Å². The molecule has 0 saturated carbocycles. The molecule has 1 unspecified atom stereocenters. The van der Waals surface area contributed by atoms with Gasteiger partial charge in [0.05, 0.1) is 0 Å². The van der Waals surface area contributed by atoms with E-state index in [4.69, 9.17) is 5.73 Å². The molecule has 1 aromatic carbocycles. The third-order valence-electron chi connectivity index (χ3n) is 3.89. The molecule has 0 amide bonds. The molecule has 2 nitrogen and oxygen atoms in total. The van der Waals surface area contributed by atoms with Crippen molar-refractivity contribution in [3.63, 3.8) is 0 Å². The largest absolute Gasteiger partial charge is 0.329 e. The molecular formula is C17H29BrN2. The highest BCUT2D eigenvalue weighted by Crippen LogP contribution is 2.27. The Morgan fingerprint density at radius 3 is 2.45 bits per heavy atom. The van der Waals surface area contributed by atoms with Gasteiger partial charge in [-0.05, 0) is 50.9 Å². The summed E-state index contributed by atoms with van der Waals surface area (Å²) in [4.78, 5) is 2.53. The maximum absolute atomic E-state index is 6.08. The molecule has 20 heavy (non-hydrogen) atoms. The number of unbranched alkanes of at least 4 members (excludes halogenated alkanes) is 2. The Hall–Kier alpha value is -0.380. The molecular weight excluding hydrogens is 312 g/mol. The van der Waals surface area contributed by atoms with Gasteiger partial charge in [-0.25, -0.2) is 0 Å².